The maximum absolute atomic E-state index is 12.4. The lowest BCUT2D eigenvalue weighted by atomic mass is 10.1. The molecule has 5 heteroatoms. The number of rotatable bonds is 16. The van der Waals surface area contributed by atoms with Gasteiger partial charge in [-0.05, 0) is 37.1 Å². The predicted molar refractivity (Wildman–Crippen MR) is 156 cm³/mol. The summed E-state index contributed by atoms with van der Waals surface area (Å²) >= 11 is 0. The van der Waals surface area contributed by atoms with E-state index in [1.807, 2.05) is 30.5 Å². The number of para-hydroxylation sites is 1. The summed E-state index contributed by atoms with van der Waals surface area (Å²) in [5, 5.41) is 1.20. The van der Waals surface area contributed by atoms with Gasteiger partial charge in [0.25, 0.3) is 0 Å². The zero-order chi connectivity index (χ0) is 27.3. The van der Waals surface area contributed by atoms with Gasteiger partial charge in [0.1, 0.15) is 0 Å². The van der Waals surface area contributed by atoms with E-state index in [1.54, 1.807) is 24.3 Å². The Morgan fingerprint density at radius 2 is 1.03 bits per heavy atom. The van der Waals surface area contributed by atoms with Crippen LogP contribution in [0.1, 0.15) is 112 Å². The number of fused-ring (bicyclic) bond motifs is 1. The Labute approximate surface area is 229 Å². The Kier molecular flexibility index (Phi) is 16.2. The van der Waals surface area contributed by atoms with E-state index in [9.17, 15) is 9.59 Å². The van der Waals surface area contributed by atoms with E-state index in [4.69, 9.17) is 9.47 Å². The molecule has 0 aliphatic carbocycles. The lowest BCUT2D eigenvalue weighted by Crippen LogP contribution is -2.15. The van der Waals surface area contributed by atoms with Crippen LogP contribution in [-0.4, -0.2) is 30.1 Å². The molecule has 3 aromatic rings. The van der Waals surface area contributed by atoms with Crippen LogP contribution in [0.15, 0.2) is 66.9 Å². The first-order valence-corrected chi connectivity index (χ1v) is 14.4. The number of aromatic nitrogens is 1. The Hall–Kier alpha value is -3.21. The third-order valence-corrected chi connectivity index (χ3v) is 6.34. The first kappa shape index (κ1) is 31.0. The van der Waals surface area contributed by atoms with Crippen molar-refractivity contribution in [3.05, 3.63) is 78.0 Å². The van der Waals surface area contributed by atoms with Crippen molar-refractivity contribution in [3.63, 3.8) is 0 Å². The van der Waals surface area contributed by atoms with Crippen molar-refractivity contribution >= 4 is 22.8 Å². The van der Waals surface area contributed by atoms with Gasteiger partial charge in [-0.2, -0.15) is 0 Å². The first-order valence-electron chi connectivity index (χ1n) is 14.4. The highest BCUT2D eigenvalue weighted by Crippen LogP contribution is 2.14. The average molecular weight is 520 g/mol. The zero-order valence-electron chi connectivity index (χ0n) is 23.3. The standard InChI is InChI=1S/C24H38O4.C9H7N/c1-3-5-7-9-11-15-19-27-23(25)21-17-13-14-18-22(21)24(26)28-20-16-12-10-8-6-4-2;1-2-6-9-8(4-1)5-3-7-10-9/h13-14,17-18H,3-12,15-16,19-20H2,1-2H3;1-7H. The number of pyridine rings is 1. The molecule has 0 aliphatic heterocycles. The zero-order valence-corrected chi connectivity index (χ0v) is 23.3. The molecule has 1 aromatic heterocycles. The summed E-state index contributed by atoms with van der Waals surface area (Å²) in [7, 11) is 0. The predicted octanol–water partition coefficient (Wildman–Crippen LogP) is 8.96. The van der Waals surface area contributed by atoms with Crippen molar-refractivity contribution in [2.75, 3.05) is 13.2 Å². The number of hydrogen-bond acceptors (Lipinski definition) is 5. The van der Waals surface area contributed by atoms with E-state index >= 15 is 0 Å². The number of ether oxygens (including phenoxy) is 2. The molecule has 0 N–H and O–H groups in total. The van der Waals surface area contributed by atoms with Gasteiger partial charge in [-0.1, -0.05) is 114 Å². The van der Waals surface area contributed by atoms with Crippen LogP contribution in [0.4, 0.5) is 0 Å². The van der Waals surface area contributed by atoms with Crippen molar-refractivity contribution in [2.24, 2.45) is 0 Å². The molecule has 5 nitrogen and oxygen atoms in total. The number of carbonyl (C=O) groups is 2. The van der Waals surface area contributed by atoms with Gasteiger partial charge in [0.15, 0.2) is 0 Å². The fourth-order valence-electron chi connectivity index (χ4n) is 4.11. The van der Waals surface area contributed by atoms with E-state index < -0.39 is 11.9 Å². The minimum atomic E-state index is -0.444. The van der Waals surface area contributed by atoms with E-state index in [0.717, 1.165) is 31.2 Å². The molecule has 0 amide bonds. The number of hydrogen-bond donors (Lipinski definition) is 0. The highest BCUT2D eigenvalue weighted by Gasteiger charge is 2.18. The van der Waals surface area contributed by atoms with E-state index in [2.05, 4.69) is 31.0 Å². The molecule has 0 bridgehead atoms. The largest absolute Gasteiger partial charge is 0.462 e. The van der Waals surface area contributed by atoms with Gasteiger partial charge in [-0.3, -0.25) is 4.98 Å². The van der Waals surface area contributed by atoms with Crippen LogP contribution in [0.25, 0.3) is 10.9 Å². The number of carbonyl (C=O) groups excluding carboxylic acids is 2. The highest BCUT2D eigenvalue weighted by atomic mass is 16.5. The monoisotopic (exact) mass is 519 g/mol. The summed E-state index contributed by atoms with van der Waals surface area (Å²) in [6.07, 6.45) is 15.4. The molecule has 0 saturated carbocycles. The van der Waals surface area contributed by atoms with Crippen LogP contribution in [0.5, 0.6) is 0 Å². The molecule has 0 spiro atoms. The van der Waals surface area contributed by atoms with Crippen LogP contribution < -0.4 is 0 Å². The fraction of sp³-hybridized carbons (Fsp3) is 0.485. The van der Waals surface area contributed by atoms with Crippen LogP contribution >= 0.6 is 0 Å². The highest BCUT2D eigenvalue weighted by molar-refractivity contribution is 6.03. The molecule has 0 radical (unpaired) electrons. The van der Waals surface area contributed by atoms with Gasteiger partial charge in [0, 0.05) is 11.6 Å². The Bertz CT molecular complexity index is 951. The topological polar surface area (TPSA) is 65.5 Å². The summed E-state index contributed by atoms with van der Waals surface area (Å²) in [6.45, 7) is 5.17. The van der Waals surface area contributed by atoms with Crippen LogP contribution in [-0.2, 0) is 9.47 Å². The maximum atomic E-state index is 12.4. The van der Waals surface area contributed by atoms with Crippen LogP contribution in [0, 0.1) is 0 Å². The van der Waals surface area contributed by atoms with Gasteiger partial charge in [0.2, 0.25) is 0 Å². The van der Waals surface area contributed by atoms with Crippen LogP contribution in [0.2, 0.25) is 0 Å². The van der Waals surface area contributed by atoms with Crippen molar-refractivity contribution in [2.45, 2.75) is 90.9 Å². The molecule has 3 rings (SSSR count). The lowest BCUT2D eigenvalue weighted by molar-refractivity contribution is 0.0450. The van der Waals surface area contributed by atoms with E-state index in [1.165, 1.54) is 56.8 Å². The van der Waals surface area contributed by atoms with Gasteiger partial charge in [0.05, 0.1) is 29.9 Å². The quantitative estimate of drug-likeness (QED) is 0.140. The minimum absolute atomic E-state index is 0.293. The van der Waals surface area contributed by atoms with Gasteiger partial charge < -0.3 is 9.47 Å². The number of esters is 2. The Morgan fingerprint density at radius 1 is 0.579 bits per heavy atom. The lowest BCUT2D eigenvalue weighted by Gasteiger charge is -2.10. The SMILES string of the molecule is CCCCCCCCOC(=O)c1ccccc1C(=O)OCCCCCCCC.c1ccc2ncccc2c1. The third-order valence-electron chi connectivity index (χ3n) is 6.34. The number of unbranched alkanes of at least 4 members (excludes halogenated alkanes) is 10. The molecular formula is C33H45NO4. The third kappa shape index (κ3) is 12.4. The first-order chi connectivity index (χ1) is 18.7. The molecule has 1 heterocycles. The van der Waals surface area contributed by atoms with Gasteiger partial charge in [-0.25, -0.2) is 9.59 Å². The second kappa shape index (κ2) is 19.8. The average Bonchev–Trinajstić information content (AvgIpc) is 2.96. The van der Waals surface area contributed by atoms with Crippen LogP contribution in [0.3, 0.4) is 0 Å². The Balaban J connectivity index is 0.000000415. The fourth-order valence-corrected chi connectivity index (χ4v) is 4.11. The second-order valence-corrected chi connectivity index (χ2v) is 9.55. The molecule has 0 saturated heterocycles. The molecule has 0 unspecified atom stereocenters. The summed E-state index contributed by atoms with van der Waals surface area (Å²) in [5.74, 6) is -0.888. The molecule has 0 atom stereocenters. The number of nitrogens with zero attached hydrogens (tertiary/aromatic N) is 1. The molecular weight excluding hydrogens is 474 g/mol. The normalized spacial score (nSPS) is 10.5. The van der Waals surface area contributed by atoms with E-state index in [0.29, 0.717) is 24.3 Å². The maximum Gasteiger partial charge on any atom is 0.339 e. The van der Waals surface area contributed by atoms with Crippen molar-refractivity contribution in [1.29, 1.82) is 0 Å². The number of benzene rings is 2. The summed E-state index contributed by atoms with van der Waals surface area (Å²) in [6, 6.07) is 18.8. The van der Waals surface area contributed by atoms with Gasteiger partial charge in [-0.15, -0.1) is 0 Å². The summed E-state index contributed by atoms with van der Waals surface area (Å²) in [4.78, 5) is 28.9. The smallest absolute Gasteiger partial charge is 0.339 e. The van der Waals surface area contributed by atoms with Crippen molar-refractivity contribution < 1.29 is 19.1 Å². The van der Waals surface area contributed by atoms with Gasteiger partial charge >= 0.3 is 11.9 Å². The van der Waals surface area contributed by atoms with Crippen molar-refractivity contribution in [3.8, 4) is 0 Å². The molecule has 0 aliphatic rings. The van der Waals surface area contributed by atoms with E-state index in [-0.39, 0.29) is 0 Å². The molecule has 2 aromatic carbocycles. The van der Waals surface area contributed by atoms with Crippen molar-refractivity contribution in [1.82, 2.24) is 4.98 Å². The summed E-state index contributed by atoms with van der Waals surface area (Å²) < 4.78 is 10.7. The molecule has 0 fully saturated rings. The Morgan fingerprint density at radius 3 is 1.55 bits per heavy atom. The molecule has 206 valence electrons. The minimum Gasteiger partial charge on any atom is -0.462 e. The summed E-state index contributed by atoms with van der Waals surface area (Å²) in [5.41, 5.74) is 1.65. The molecule has 38 heavy (non-hydrogen) atoms. The second-order valence-electron chi connectivity index (χ2n) is 9.55.